The zero-order valence-corrected chi connectivity index (χ0v) is 11.9. The smallest absolute Gasteiger partial charge is 0.315 e. The van der Waals surface area contributed by atoms with Gasteiger partial charge in [0.25, 0.3) is 0 Å². The number of nitrogens with one attached hydrogen (secondary N) is 2. The minimum Gasteiger partial charge on any atom is -0.467 e. The van der Waals surface area contributed by atoms with Gasteiger partial charge in [-0.2, -0.15) is 0 Å². The predicted octanol–water partition coefficient (Wildman–Crippen LogP) is 2.69. The summed E-state index contributed by atoms with van der Waals surface area (Å²) in [5.41, 5.74) is 1.08. The number of carbonyl (C=O) groups is 1. The second-order valence-corrected chi connectivity index (χ2v) is 4.58. The van der Waals surface area contributed by atoms with Gasteiger partial charge >= 0.3 is 6.03 Å². The van der Waals surface area contributed by atoms with Crippen molar-refractivity contribution in [2.75, 3.05) is 13.2 Å². The summed E-state index contributed by atoms with van der Waals surface area (Å²) in [7, 11) is 0. The minimum atomic E-state index is -0.162. The molecule has 0 saturated heterocycles. The Morgan fingerprint density at radius 1 is 1.10 bits per heavy atom. The quantitative estimate of drug-likeness (QED) is 0.734. The third kappa shape index (κ3) is 6.14. The molecule has 0 atom stereocenters. The van der Waals surface area contributed by atoms with Crippen LogP contribution < -0.4 is 10.6 Å². The van der Waals surface area contributed by atoms with Gasteiger partial charge in [0, 0.05) is 19.7 Å². The molecular weight excluding hydrogens is 268 g/mol. The highest BCUT2D eigenvalue weighted by Gasteiger charge is 2.00. The van der Waals surface area contributed by atoms with Gasteiger partial charge in [-0.1, -0.05) is 30.3 Å². The number of hydrogen-bond acceptors (Lipinski definition) is 3. The fourth-order valence-electron chi connectivity index (χ4n) is 1.78. The first-order chi connectivity index (χ1) is 10.3. The number of amides is 2. The molecule has 0 saturated carbocycles. The third-order valence-corrected chi connectivity index (χ3v) is 2.87. The largest absolute Gasteiger partial charge is 0.467 e. The summed E-state index contributed by atoms with van der Waals surface area (Å²) in [6.07, 6.45) is 2.39. The van der Waals surface area contributed by atoms with E-state index in [4.69, 9.17) is 9.15 Å². The normalized spacial score (nSPS) is 10.3. The highest BCUT2D eigenvalue weighted by atomic mass is 16.5. The Bertz CT molecular complexity index is 512. The fraction of sp³-hybridized carbons (Fsp3) is 0.312. The minimum absolute atomic E-state index is 0.162. The molecule has 2 N–H and O–H groups in total. The lowest BCUT2D eigenvalue weighted by molar-refractivity contribution is 0.104. The van der Waals surface area contributed by atoms with Crippen LogP contribution >= 0.6 is 0 Å². The third-order valence-electron chi connectivity index (χ3n) is 2.87. The van der Waals surface area contributed by atoms with Crippen molar-refractivity contribution in [3.8, 4) is 0 Å². The van der Waals surface area contributed by atoms with Crippen molar-refractivity contribution in [3.05, 3.63) is 60.1 Å². The molecule has 1 aromatic heterocycles. The van der Waals surface area contributed by atoms with Gasteiger partial charge in [-0.05, 0) is 24.1 Å². The number of carbonyl (C=O) groups excluding carboxylic acids is 1. The van der Waals surface area contributed by atoms with Crippen LogP contribution in [0, 0.1) is 0 Å². The SMILES string of the molecule is O=C(NCCCOCc1ccco1)NCc1ccccc1. The van der Waals surface area contributed by atoms with Crippen molar-refractivity contribution in [3.63, 3.8) is 0 Å². The van der Waals surface area contributed by atoms with Gasteiger partial charge < -0.3 is 19.8 Å². The Morgan fingerprint density at radius 2 is 1.95 bits per heavy atom. The van der Waals surface area contributed by atoms with Crippen LogP contribution in [0.4, 0.5) is 4.79 Å². The first kappa shape index (κ1) is 15.1. The van der Waals surface area contributed by atoms with E-state index in [0.29, 0.717) is 26.3 Å². The van der Waals surface area contributed by atoms with Crippen molar-refractivity contribution < 1.29 is 13.9 Å². The molecular formula is C16H20N2O3. The van der Waals surface area contributed by atoms with Crippen molar-refractivity contribution >= 4 is 6.03 Å². The lowest BCUT2D eigenvalue weighted by Gasteiger charge is -2.07. The van der Waals surface area contributed by atoms with Crippen LogP contribution in [0.15, 0.2) is 53.1 Å². The van der Waals surface area contributed by atoms with Crippen molar-refractivity contribution in [1.29, 1.82) is 0 Å². The number of ether oxygens (including phenoxy) is 1. The van der Waals surface area contributed by atoms with Gasteiger partial charge in [-0.15, -0.1) is 0 Å². The first-order valence-electron chi connectivity index (χ1n) is 7.00. The summed E-state index contributed by atoms with van der Waals surface area (Å²) in [5.74, 6) is 0.809. The average Bonchev–Trinajstić information content (AvgIpc) is 3.03. The predicted molar refractivity (Wildman–Crippen MR) is 79.7 cm³/mol. The Hall–Kier alpha value is -2.27. The van der Waals surface area contributed by atoms with Gasteiger partial charge in [0.05, 0.1) is 6.26 Å². The van der Waals surface area contributed by atoms with E-state index in [0.717, 1.165) is 17.7 Å². The van der Waals surface area contributed by atoms with Crippen LogP contribution in [0.1, 0.15) is 17.7 Å². The van der Waals surface area contributed by atoms with E-state index in [9.17, 15) is 4.79 Å². The molecule has 0 aliphatic rings. The zero-order chi connectivity index (χ0) is 14.8. The number of furan rings is 1. The van der Waals surface area contributed by atoms with E-state index in [-0.39, 0.29) is 6.03 Å². The molecule has 0 aliphatic heterocycles. The van der Waals surface area contributed by atoms with Gasteiger partial charge in [-0.25, -0.2) is 4.79 Å². The molecule has 5 heteroatoms. The van der Waals surface area contributed by atoms with Crippen molar-refractivity contribution in [2.24, 2.45) is 0 Å². The van der Waals surface area contributed by atoms with Crippen LogP contribution in [0.2, 0.25) is 0 Å². The Labute approximate surface area is 124 Å². The number of benzene rings is 1. The number of hydrogen-bond donors (Lipinski definition) is 2. The molecule has 112 valence electrons. The molecule has 0 spiro atoms. The summed E-state index contributed by atoms with van der Waals surface area (Å²) < 4.78 is 10.6. The van der Waals surface area contributed by atoms with E-state index >= 15 is 0 Å². The number of urea groups is 1. The van der Waals surface area contributed by atoms with E-state index in [1.807, 2.05) is 42.5 Å². The maximum atomic E-state index is 11.6. The van der Waals surface area contributed by atoms with E-state index in [1.165, 1.54) is 0 Å². The summed E-state index contributed by atoms with van der Waals surface area (Å²) in [4.78, 5) is 11.6. The highest BCUT2D eigenvalue weighted by molar-refractivity contribution is 5.73. The van der Waals surface area contributed by atoms with E-state index in [2.05, 4.69) is 10.6 Å². The molecule has 0 radical (unpaired) electrons. The molecule has 5 nitrogen and oxygen atoms in total. The van der Waals surface area contributed by atoms with Gasteiger partial charge in [0.1, 0.15) is 12.4 Å². The summed E-state index contributed by atoms with van der Waals surface area (Å²) >= 11 is 0. The van der Waals surface area contributed by atoms with E-state index in [1.54, 1.807) is 6.26 Å². The monoisotopic (exact) mass is 288 g/mol. The van der Waals surface area contributed by atoms with Gasteiger partial charge in [0.15, 0.2) is 0 Å². The van der Waals surface area contributed by atoms with Crippen LogP contribution in [0.3, 0.4) is 0 Å². The Balaban J connectivity index is 1.47. The fourth-order valence-corrected chi connectivity index (χ4v) is 1.78. The molecule has 2 amide bonds. The van der Waals surface area contributed by atoms with E-state index < -0.39 is 0 Å². The van der Waals surface area contributed by atoms with Gasteiger partial charge in [0.2, 0.25) is 0 Å². The van der Waals surface area contributed by atoms with Crippen LogP contribution in [-0.4, -0.2) is 19.2 Å². The van der Waals surface area contributed by atoms with Crippen molar-refractivity contribution in [2.45, 2.75) is 19.6 Å². The lowest BCUT2D eigenvalue weighted by Crippen LogP contribution is -2.35. The lowest BCUT2D eigenvalue weighted by atomic mass is 10.2. The summed E-state index contributed by atoms with van der Waals surface area (Å²) in [5, 5.41) is 5.60. The Kier molecular flexibility index (Phi) is 6.35. The molecule has 0 fully saturated rings. The topological polar surface area (TPSA) is 63.5 Å². The zero-order valence-electron chi connectivity index (χ0n) is 11.9. The Morgan fingerprint density at radius 3 is 2.71 bits per heavy atom. The van der Waals surface area contributed by atoms with Crippen LogP contribution in [0.5, 0.6) is 0 Å². The second kappa shape index (κ2) is 8.81. The number of rotatable bonds is 8. The molecule has 1 heterocycles. The van der Waals surface area contributed by atoms with Gasteiger partial charge in [-0.3, -0.25) is 0 Å². The molecule has 0 aliphatic carbocycles. The van der Waals surface area contributed by atoms with Crippen LogP contribution in [0.25, 0.3) is 0 Å². The molecule has 0 bridgehead atoms. The first-order valence-corrected chi connectivity index (χ1v) is 7.00. The summed E-state index contributed by atoms with van der Waals surface area (Å²) in [6.45, 7) is 2.16. The average molecular weight is 288 g/mol. The standard InChI is InChI=1S/C16H20N2O3/c19-16(18-12-14-6-2-1-3-7-14)17-9-5-10-20-13-15-8-4-11-21-15/h1-4,6-8,11H,5,9-10,12-13H2,(H2,17,18,19). The highest BCUT2D eigenvalue weighted by Crippen LogP contribution is 2.01. The molecule has 2 rings (SSSR count). The van der Waals surface area contributed by atoms with Crippen LogP contribution in [-0.2, 0) is 17.9 Å². The summed E-state index contributed by atoms with van der Waals surface area (Å²) in [6, 6.07) is 13.3. The second-order valence-electron chi connectivity index (χ2n) is 4.58. The maximum absolute atomic E-state index is 11.6. The molecule has 0 unspecified atom stereocenters. The van der Waals surface area contributed by atoms with Crippen molar-refractivity contribution in [1.82, 2.24) is 10.6 Å². The molecule has 21 heavy (non-hydrogen) atoms. The molecule has 2 aromatic rings. The maximum Gasteiger partial charge on any atom is 0.315 e. The molecule has 1 aromatic carbocycles.